The average molecular weight is 236 g/mol. The Bertz CT molecular complexity index is 368. The normalized spacial score (nSPS) is 16.4. The first-order valence-electron chi connectivity index (χ1n) is 6.06. The van der Waals surface area contributed by atoms with Crippen molar-refractivity contribution in [3.8, 4) is 11.5 Å². The van der Waals surface area contributed by atoms with Gasteiger partial charge in [-0.2, -0.15) is 0 Å². The molecule has 0 aliphatic carbocycles. The van der Waals surface area contributed by atoms with Gasteiger partial charge in [0.2, 0.25) is 0 Å². The Labute approximate surface area is 102 Å². The summed E-state index contributed by atoms with van der Waals surface area (Å²) >= 11 is 0. The van der Waals surface area contributed by atoms with Gasteiger partial charge in [-0.3, -0.25) is 0 Å². The molecule has 17 heavy (non-hydrogen) atoms. The highest BCUT2D eigenvalue weighted by Gasteiger charge is 2.14. The van der Waals surface area contributed by atoms with Gasteiger partial charge in [-0.1, -0.05) is 6.07 Å². The molecule has 94 valence electrons. The first kappa shape index (κ1) is 12.2. The summed E-state index contributed by atoms with van der Waals surface area (Å²) in [6.45, 7) is 2.35. The van der Waals surface area contributed by atoms with E-state index in [-0.39, 0.29) is 6.04 Å². The van der Waals surface area contributed by atoms with E-state index in [4.69, 9.17) is 9.47 Å². The van der Waals surface area contributed by atoms with Gasteiger partial charge >= 0.3 is 0 Å². The molecule has 2 rings (SSSR count). The second-order valence-electron chi connectivity index (χ2n) is 4.16. The van der Waals surface area contributed by atoms with Crippen LogP contribution in [0.25, 0.3) is 0 Å². The van der Waals surface area contributed by atoms with Gasteiger partial charge in [-0.15, -0.1) is 0 Å². The molecule has 0 radical (unpaired) electrons. The van der Waals surface area contributed by atoms with Crippen molar-refractivity contribution in [1.29, 1.82) is 0 Å². The number of hydrogen-bond donors (Lipinski definition) is 2. The molecule has 0 spiro atoms. The third kappa shape index (κ3) is 2.90. The summed E-state index contributed by atoms with van der Waals surface area (Å²) in [5, 5.41) is 6.46. The second kappa shape index (κ2) is 5.89. The van der Waals surface area contributed by atoms with E-state index in [0.717, 1.165) is 37.7 Å². The first-order valence-corrected chi connectivity index (χ1v) is 6.06. The van der Waals surface area contributed by atoms with E-state index in [9.17, 15) is 0 Å². The van der Waals surface area contributed by atoms with Crippen LogP contribution in [-0.2, 0) is 0 Å². The summed E-state index contributed by atoms with van der Waals surface area (Å²) in [6.07, 6.45) is 0.940. The molecule has 1 aromatic rings. The molecule has 2 N–H and O–H groups in total. The minimum atomic E-state index is 0.289. The predicted octanol–water partition coefficient (Wildman–Crippen LogP) is 1.33. The SMILES string of the molecule is CNCC(NC)c1ccc2c(c1)OCCCO2. The summed E-state index contributed by atoms with van der Waals surface area (Å²) < 4.78 is 11.3. The number of ether oxygens (including phenoxy) is 2. The predicted molar refractivity (Wildman–Crippen MR) is 67.8 cm³/mol. The van der Waals surface area contributed by atoms with Crippen LogP contribution in [0.5, 0.6) is 11.5 Å². The van der Waals surface area contributed by atoms with Gasteiger partial charge < -0.3 is 20.1 Å². The molecule has 4 heteroatoms. The molecule has 1 aliphatic rings. The molecule has 1 heterocycles. The summed E-state index contributed by atoms with van der Waals surface area (Å²) in [5.41, 5.74) is 1.21. The van der Waals surface area contributed by atoms with Crippen molar-refractivity contribution in [2.24, 2.45) is 0 Å². The van der Waals surface area contributed by atoms with E-state index in [1.54, 1.807) is 0 Å². The average Bonchev–Trinajstić information content (AvgIpc) is 2.60. The fourth-order valence-electron chi connectivity index (χ4n) is 1.99. The van der Waals surface area contributed by atoms with Gasteiger partial charge in [0.1, 0.15) is 0 Å². The molecule has 1 aromatic carbocycles. The molecule has 0 bridgehead atoms. The van der Waals surface area contributed by atoms with Crippen molar-refractivity contribution < 1.29 is 9.47 Å². The van der Waals surface area contributed by atoms with E-state index in [0.29, 0.717) is 0 Å². The fourth-order valence-corrected chi connectivity index (χ4v) is 1.99. The highest BCUT2D eigenvalue weighted by molar-refractivity contribution is 5.44. The van der Waals surface area contributed by atoms with Gasteiger partial charge in [0.15, 0.2) is 11.5 Å². The monoisotopic (exact) mass is 236 g/mol. The molecule has 0 saturated heterocycles. The maximum absolute atomic E-state index is 5.69. The largest absolute Gasteiger partial charge is 0.490 e. The second-order valence-corrected chi connectivity index (χ2v) is 4.16. The zero-order valence-electron chi connectivity index (χ0n) is 10.5. The Balaban J connectivity index is 2.21. The van der Waals surface area contributed by atoms with E-state index in [1.165, 1.54) is 5.56 Å². The maximum atomic E-state index is 5.69. The third-order valence-electron chi connectivity index (χ3n) is 2.93. The van der Waals surface area contributed by atoms with Gasteiger partial charge in [0.05, 0.1) is 13.2 Å². The number of nitrogens with one attached hydrogen (secondary N) is 2. The number of benzene rings is 1. The molecule has 0 aromatic heterocycles. The van der Waals surface area contributed by atoms with E-state index < -0.39 is 0 Å². The first-order chi connectivity index (χ1) is 8.35. The highest BCUT2D eigenvalue weighted by atomic mass is 16.5. The van der Waals surface area contributed by atoms with Crippen molar-refractivity contribution in [1.82, 2.24) is 10.6 Å². The molecule has 1 atom stereocenters. The van der Waals surface area contributed by atoms with Crippen LogP contribution < -0.4 is 20.1 Å². The summed E-state index contributed by atoms with van der Waals surface area (Å²) in [6, 6.07) is 6.44. The number of hydrogen-bond acceptors (Lipinski definition) is 4. The maximum Gasteiger partial charge on any atom is 0.161 e. The zero-order chi connectivity index (χ0) is 12.1. The van der Waals surface area contributed by atoms with Crippen LogP contribution in [0.2, 0.25) is 0 Å². The minimum Gasteiger partial charge on any atom is -0.490 e. The molecule has 4 nitrogen and oxygen atoms in total. The van der Waals surface area contributed by atoms with Crippen molar-refractivity contribution >= 4 is 0 Å². The molecule has 0 amide bonds. The van der Waals surface area contributed by atoms with Crippen molar-refractivity contribution in [3.05, 3.63) is 23.8 Å². The van der Waals surface area contributed by atoms with Crippen molar-refractivity contribution in [2.75, 3.05) is 33.9 Å². The highest BCUT2D eigenvalue weighted by Crippen LogP contribution is 2.32. The Morgan fingerprint density at radius 3 is 2.65 bits per heavy atom. The lowest BCUT2D eigenvalue weighted by molar-refractivity contribution is 0.297. The lowest BCUT2D eigenvalue weighted by atomic mass is 10.1. The Kier molecular flexibility index (Phi) is 4.23. The van der Waals surface area contributed by atoms with Gasteiger partial charge in [0, 0.05) is 19.0 Å². The Hall–Kier alpha value is -1.26. The Morgan fingerprint density at radius 2 is 1.94 bits per heavy atom. The number of fused-ring (bicyclic) bond motifs is 1. The Morgan fingerprint density at radius 1 is 1.18 bits per heavy atom. The topological polar surface area (TPSA) is 42.5 Å². The lowest BCUT2D eigenvalue weighted by Gasteiger charge is -2.17. The van der Waals surface area contributed by atoms with E-state index in [1.807, 2.05) is 20.2 Å². The molecular formula is C13H20N2O2. The smallest absolute Gasteiger partial charge is 0.161 e. The van der Waals surface area contributed by atoms with Crippen LogP contribution in [0.15, 0.2) is 18.2 Å². The number of likely N-dealkylation sites (N-methyl/N-ethyl adjacent to an activating group) is 2. The summed E-state index contributed by atoms with van der Waals surface area (Å²) in [7, 11) is 3.92. The molecular weight excluding hydrogens is 216 g/mol. The van der Waals surface area contributed by atoms with Gasteiger partial charge in [0.25, 0.3) is 0 Å². The summed E-state index contributed by atoms with van der Waals surface area (Å²) in [5.74, 6) is 1.71. The van der Waals surface area contributed by atoms with Crippen molar-refractivity contribution in [3.63, 3.8) is 0 Å². The quantitative estimate of drug-likeness (QED) is 0.827. The molecule has 0 fully saturated rings. The van der Waals surface area contributed by atoms with Crippen LogP contribution in [-0.4, -0.2) is 33.9 Å². The van der Waals surface area contributed by atoms with Crippen LogP contribution >= 0.6 is 0 Å². The number of rotatable bonds is 4. The molecule has 1 unspecified atom stereocenters. The summed E-state index contributed by atoms with van der Waals surface area (Å²) in [4.78, 5) is 0. The van der Waals surface area contributed by atoms with Crippen LogP contribution in [0.3, 0.4) is 0 Å². The minimum absolute atomic E-state index is 0.289. The van der Waals surface area contributed by atoms with E-state index in [2.05, 4.69) is 22.8 Å². The molecule has 1 aliphatic heterocycles. The fraction of sp³-hybridized carbons (Fsp3) is 0.538. The van der Waals surface area contributed by atoms with Crippen LogP contribution in [0.4, 0.5) is 0 Å². The van der Waals surface area contributed by atoms with Gasteiger partial charge in [-0.25, -0.2) is 0 Å². The van der Waals surface area contributed by atoms with Crippen LogP contribution in [0.1, 0.15) is 18.0 Å². The van der Waals surface area contributed by atoms with Crippen molar-refractivity contribution in [2.45, 2.75) is 12.5 Å². The molecule has 0 saturated carbocycles. The standard InChI is InChI=1S/C13H20N2O2/c1-14-9-11(15-2)10-4-5-12-13(8-10)17-7-3-6-16-12/h4-5,8,11,14-15H,3,6-7,9H2,1-2H3. The van der Waals surface area contributed by atoms with E-state index >= 15 is 0 Å². The van der Waals surface area contributed by atoms with Gasteiger partial charge in [-0.05, 0) is 31.8 Å². The third-order valence-corrected chi connectivity index (χ3v) is 2.93. The van der Waals surface area contributed by atoms with Crippen LogP contribution in [0, 0.1) is 0 Å². The lowest BCUT2D eigenvalue weighted by Crippen LogP contribution is -2.27. The zero-order valence-corrected chi connectivity index (χ0v) is 10.5.